The number of rotatable bonds is 8. The third-order valence-electron chi connectivity index (χ3n) is 5.36. The lowest BCUT2D eigenvalue weighted by Gasteiger charge is -2.33. The van der Waals surface area contributed by atoms with E-state index in [4.69, 9.17) is 11.6 Å². The van der Waals surface area contributed by atoms with E-state index in [1.165, 1.54) is 0 Å². The van der Waals surface area contributed by atoms with E-state index in [0.29, 0.717) is 35.2 Å². The van der Waals surface area contributed by atoms with Gasteiger partial charge in [-0.3, -0.25) is 9.59 Å². The Bertz CT molecular complexity index is 896. The molecule has 2 rings (SSSR count). The summed E-state index contributed by atoms with van der Waals surface area (Å²) >= 11 is 6.16. The molecule has 0 bridgehead atoms. The van der Waals surface area contributed by atoms with Crippen LogP contribution in [-0.4, -0.2) is 36.9 Å². The summed E-state index contributed by atoms with van der Waals surface area (Å²) in [7, 11) is 3.94. The van der Waals surface area contributed by atoms with Crippen LogP contribution in [0.5, 0.6) is 0 Å². The fraction of sp³-hybridized carbons (Fsp3) is 0.417. The summed E-state index contributed by atoms with van der Waals surface area (Å²) in [6.45, 7) is 8.68. The van der Waals surface area contributed by atoms with Crippen LogP contribution in [0.3, 0.4) is 0 Å². The van der Waals surface area contributed by atoms with E-state index < -0.39 is 0 Å². The summed E-state index contributed by atoms with van der Waals surface area (Å²) in [4.78, 5) is 29.3. The molecule has 30 heavy (non-hydrogen) atoms. The number of hydrogen-bond acceptors (Lipinski definition) is 3. The molecule has 1 unspecified atom stereocenters. The van der Waals surface area contributed by atoms with Crippen molar-refractivity contribution in [1.29, 1.82) is 0 Å². The standard InChI is InChI=1S/C24H32ClN3O2/c1-7-23(29)28(17(4)16(2)3)15-18-14-19(12-13-22(18)27(5)6)26-24(30)20-10-8-9-11-21(20)25/h8-14,16-17H,7,15H2,1-6H3,(H,26,30). The van der Waals surface area contributed by atoms with Crippen LogP contribution < -0.4 is 10.2 Å². The van der Waals surface area contributed by atoms with Gasteiger partial charge in [0.05, 0.1) is 10.6 Å². The first-order chi connectivity index (χ1) is 14.1. The highest BCUT2D eigenvalue weighted by Gasteiger charge is 2.23. The number of carbonyl (C=O) groups is 2. The van der Waals surface area contributed by atoms with Crippen molar-refractivity contribution in [2.45, 2.75) is 46.7 Å². The third kappa shape index (κ3) is 5.76. The van der Waals surface area contributed by atoms with E-state index >= 15 is 0 Å². The number of nitrogens with zero attached hydrogens (tertiary/aromatic N) is 2. The first-order valence-corrected chi connectivity index (χ1v) is 10.7. The summed E-state index contributed by atoms with van der Waals surface area (Å²) in [6, 6.07) is 12.8. The summed E-state index contributed by atoms with van der Waals surface area (Å²) in [5.41, 5.74) is 3.08. The van der Waals surface area contributed by atoms with Crippen molar-refractivity contribution in [3.05, 3.63) is 58.6 Å². The van der Waals surface area contributed by atoms with Gasteiger partial charge in [-0.15, -0.1) is 0 Å². The Morgan fingerprint density at radius 1 is 1.07 bits per heavy atom. The van der Waals surface area contributed by atoms with Gasteiger partial charge in [0, 0.05) is 44.5 Å². The van der Waals surface area contributed by atoms with Crippen LogP contribution in [0.2, 0.25) is 5.02 Å². The van der Waals surface area contributed by atoms with Crippen molar-refractivity contribution in [2.75, 3.05) is 24.3 Å². The van der Waals surface area contributed by atoms with Crippen molar-refractivity contribution >= 4 is 34.8 Å². The van der Waals surface area contributed by atoms with Crippen LogP contribution in [0, 0.1) is 5.92 Å². The Balaban J connectivity index is 2.37. The number of benzene rings is 2. The average molecular weight is 430 g/mol. The molecule has 0 radical (unpaired) electrons. The quantitative estimate of drug-likeness (QED) is 0.607. The first-order valence-electron chi connectivity index (χ1n) is 10.3. The molecule has 0 spiro atoms. The lowest BCUT2D eigenvalue weighted by Crippen LogP contribution is -2.40. The molecule has 0 saturated carbocycles. The Morgan fingerprint density at radius 2 is 1.73 bits per heavy atom. The molecule has 0 fully saturated rings. The van der Waals surface area contributed by atoms with Gasteiger partial charge in [0.1, 0.15) is 0 Å². The molecule has 6 heteroatoms. The normalized spacial score (nSPS) is 11.9. The van der Waals surface area contributed by atoms with Crippen LogP contribution in [-0.2, 0) is 11.3 Å². The molecule has 0 aliphatic heterocycles. The van der Waals surface area contributed by atoms with Crippen molar-refractivity contribution < 1.29 is 9.59 Å². The topological polar surface area (TPSA) is 52.7 Å². The van der Waals surface area contributed by atoms with E-state index in [1.807, 2.05) is 49.0 Å². The molecule has 0 aromatic heterocycles. The van der Waals surface area contributed by atoms with Crippen LogP contribution in [0.4, 0.5) is 11.4 Å². The molecular weight excluding hydrogens is 398 g/mol. The number of halogens is 1. The molecule has 2 amide bonds. The second-order valence-electron chi connectivity index (χ2n) is 8.03. The minimum Gasteiger partial charge on any atom is -0.377 e. The highest BCUT2D eigenvalue weighted by molar-refractivity contribution is 6.34. The molecule has 162 valence electrons. The van der Waals surface area contributed by atoms with Gasteiger partial charge < -0.3 is 15.1 Å². The van der Waals surface area contributed by atoms with Gasteiger partial charge in [0.2, 0.25) is 5.91 Å². The molecular formula is C24H32ClN3O2. The molecule has 1 atom stereocenters. The van der Waals surface area contributed by atoms with Crippen molar-refractivity contribution in [1.82, 2.24) is 4.90 Å². The van der Waals surface area contributed by atoms with Gasteiger partial charge in [0.25, 0.3) is 5.91 Å². The SMILES string of the molecule is CCC(=O)N(Cc1cc(NC(=O)c2ccccc2Cl)ccc1N(C)C)C(C)C(C)C. The summed E-state index contributed by atoms with van der Waals surface area (Å²) in [6.07, 6.45) is 0.456. The van der Waals surface area contributed by atoms with Gasteiger partial charge >= 0.3 is 0 Å². The monoisotopic (exact) mass is 429 g/mol. The molecule has 0 aliphatic carbocycles. The zero-order chi connectivity index (χ0) is 22.4. The fourth-order valence-corrected chi connectivity index (χ4v) is 3.50. The zero-order valence-corrected chi connectivity index (χ0v) is 19.5. The highest BCUT2D eigenvalue weighted by Crippen LogP contribution is 2.27. The molecule has 0 saturated heterocycles. The summed E-state index contributed by atoms with van der Waals surface area (Å²) in [5.74, 6) is 0.194. The molecule has 0 heterocycles. The number of nitrogens with one attached hydrogen (secondary N) is 1. The number of hydrogen-bond donors (Lipinski definition) is 1. The maximum Gasteiger partial charge on any atom is 0.257 e. The third-order valence-corrected chi connectivity index (χ3v) is 5.69. The van der Waals surface area contributed by atoms with E-state index in [0.717, 1.165) is 11.3 Å². The minimum atomic E-state index is -0.263. The Labute approximate surface area is 185 Å². The maximum absolute atomic E-state index is 12.7. The maximum atomic E-state index is 12.7. The highest BCUT2D eigenvalue weighted by atomic mass is 35.5. The molecule has 2 aromatic carbocycles. The van der Waals surface area contributed by atoms with Crippen LogP contribution >= 0.6 is 11.6 Å². The predicted octanol–water partition coefficient (Wildman–Crippen LogP) is 5.44. The smallest absolute Gasteiger partial charge is 0.257 e. The lowest BCUT2D eigenvalue weighted by atomic mass is 10.0. The Kier molecular flexibility index (Phi) is 8.30. The lowest BCUT2D eigenvalue weighted by molar-refractivity contribution is -0.134. The number of amides is 2. The Morgan fingerprint density at radius 3 is 2.30 bits per heavy atom. The first kappa shape index (κ1) is 23.7. The van der Waals surface area contributed by atoms with E-state index in [9.17, 15) is 9.59 Å². The number of anilines is 2. The molecule has 2 aromatic rings. The van der Waals surface area contributed by atoms with Gasteiger partial charge in [-0.1, -0.05) is 44.5 Å². The average Bonchev–Trinajstić information content (AvgIpc) is 2.71. The summed E-state index contributed by atoms with van der Waals surface area (Å²) in [5, 5.41) is 3.34. The Hall–Kier alpha value is -2.53. The van der Waals surface area contributed by atoms with Crippen molar-refractivity contribution in [2.24, 2.45) is 5.92 Å². The second-order valence-corrected chi connectivity index (χ2v) is 8.44. The zero-order valence-electron chi connectivity index (χ0n) is 18.7. The van der Waals surface area contributed by atoms with Crippen molar-refractivity contribution in [3.8, 4) is 0 Å². The largest absolute Gasteiger partial charge is 0.377 e. The molecule has 5 nitrogen and oxygen atoms in total. The van der Waals surface area contributed by atoms with Gasteiger partial charge in [-0.25, -0.2) is 0 Å². The predicted molar refractivity (Wildman–Crippen MR) is 125 cm³/mol. The van der Waals surface area contributed by atoms with Gasteiger partial charge in [-0.05, 0) is 48.7 Å². The fourth-order valence-electron chi connectivity index (χ4n) is 3.28. The minimum absolute atomic E-state index is 0.105. The van der Waals surface area contributed by atoms with E-state index in [-0.39, 0.29) is 17.9 Å². The molecule has 0 aliphatic rings. The van der Waals surface area contributed by atoms with Crippen molar-refractivity contribution in [3.63, 3.8) is 0 Å². The van der Waals surface area contributed by atoms with Crippen LogP contribution in [0.1, 0.15) is 50.0 Å². The van der Waals surface area contributed by atoms with E-state index in [2.05, 4.69) is 26.1 Å². The second kappa shape index (κ2) is 10.5. The van der Waals surface area contributed by atoms with Gasteiger partial charge in [0.15, 0.2) is 0 Å². The summed E-state index contributed by atoms with van der Waals surface area (Å²) < 4.78 is 0. The van der Waals surface area contributed by atoms with Gasteiger partial charge in [-0.2, -0.15) is 0 Å². The molecule has 1 N–H and O–H groups in total. The van der Waals surface area contributed by atoms with Crippen LogP contribution in [0.25, 0.3) is 0 Å². The number of carbonyl (C=O) groups excluding carboxylic acids is 2. The van der Waals surface area contributed by atoms with E-state index in [1.54, 1.807) is 24.3 Å². The van der Waals surface area contributed by atoms with Crippen LogP contribution in [0.15, 0.2) is 42.5 Å².